The minimum atomic E-state index is -0.583. The summed E-state index contributed by atoms with van der Waals surface area (Å²) in [5.74, 6) is 2.71. The summed E-state index contributed by atoms with van der Waals surface area (Å²) in [4.78, 5) is 41.6. The van der Waals surface area contributed by atoms with E-state index in [0.717, 1.165) is 11.0 Å². The average Bonchev–Trinajstić information content (AvgIpc) is 3.83. The lowest BCUT2D eigenvalue weighted by Gasteiger charge is -2.14. The molecule has 7 aromatic rings. The number of aryl methyl sites for hydroxylation is 2. The highest BCUT2D eigenvalue weighted by molar-refractivity contribution is 5.97. The molecule has 0 bridgehead atoms. The van der Waals surface area contributed by atoms with E-state index < -0.39 is 11.9 Å². The van der Waals surface area contributed by atoms with Crippen molar-refractivity contribution in [3.63, 3.8) is 0 Å². The molecule has 0 aliphatic heterocycles. The zero-order chi connectivity index (χ0) is 41.1. The second-order valence-electron chi connectivity index (χ2n) is 12.7. The maximum Gasteiger partial charge on any atom is 0.343 e. The van der Waals surface area contributed by atoms with Crippen molar-refractivity contribution in [2.45, 2.75) is 26.9 Å². The number of imidazole rings is 2. The van der Waals surface area contributed by atoms with E-state index in [2.05, 4.69) is 0 Å². The van der Waals surface area contributed by atoms with Crippen LogP contribution in [0.2, 0.25) is 0 Å². The Bertz CT molecular complexity index is 2460. The van der Waals surface area contributed by atoms with E-state index >= 15 is 0 Å². The third kappa shape index (κ3) is 7.13. The maximum absolute atomic E-state index is 13.4. The van der Waals surface area contributed by atoms with Crippen molar-refractivity contribution in [3.05, 3.63) is 90.0 Å². The number of nitrogens with zero attached hydrogens (tertiary/aromatic N) is 5. The van der Waals surface area contributed by atoms with Crippen LogP contribution in [0.15, 0.2) is 78.9 Å². The van der Waals surface area contributed by atoms with Gasteiger partial charge in [-0.05, 0) is 62.4 Å². The van der Waals surface area contributed by atoms with Gasteiger partial charge in [-0.15, -0.1) is 0 Å². The Hall–Kier alpha value is -7.29. The zero-order valence-corrected chi connectivity index (χ0v) is 33.2. The number of aromatic nitrogens is 5. The monoisotopic (exact) mass is 787 g/mol. The van der Waals surface area contributed by atoms with Crippen LogP contribution in [0.4, 0.5) is 0 Å². The van der Waals surface area contributed by atoms with Gasteiger partial charge in [-0.3, -0.25) is 0 Å². The molecule has 3 aromatic heterocycles. The van der Waals surface area contributed by atoms with Gasteiger partial charge >= 0.3 is 11.9 Å². The van der Waals surface area contributed by atoms with Gasteiger partial charge in [0.15, 0.2) is 34.6 Å². The number of pyridine rings is 1. The van der Waals surface area contributed by atoms with Gasteiger partial charge in [0, 0.05) is 37.4 Å². The van der Waals surface area contributed by atoms with E-state index in [-0.39, 0.29) is 11.5 Å². The Morgan fingerprint density at radius 3 is 1.21 bits per heavy atom. The van der Waals surface area contributed by atoms with Crippen LogP contribution < -0.4 is 37.9 Å². The first-order chi connectivity index (χ1) is 28.2. The molecule has 58 heavy (non-hydrogen) atoms. The lowest BCUT2D eigenvalue weighted by atomic mass is 10.2. The Morgan fingerprint density at radius 2 is 0.879 bits per heavy atom. The summed E-state index contributed by atoms with van der Waals surface area (Å²) in [5, 5.41) is 0. The van der Waals surface area contributed by atoms with Crippen LogP contribution in [0.3, 0.4) is 0 Å². The van der Waals surface area contributed by atoms with Crippen molar-refractivity contribution in [2.24, 2.45) is 0 Å². The van der Waals surface area contributed by atoms with E-state index in [1.165, 1.54) is 42.7 Å². The highest BCUT2D eigenvalue weighted by Crippen LogP contribution is 2.42. The molecule has 0 N–H and O–H groups in total. The zero-order valence-electron chi connectivity index (χ0n) is 33.2. The number of carbonyl (C=O) groups excluding carboxylic acids is 2. The summed E-state index contributed by atoms with van der Waals surface area (Å²) in [6, 6.07) is 22.3. The Morgan fingerprint density at radius 1 is 0.500 bits per heavy atom. The molecule has 0 aliphatic carbocycles. The lowest BCUT2D eigenvalue weighted by Crippen LogP contribution is -2.09. The van der Waals surface area contributed by atoms with Gasteiger partial charge in [0.1, 0.15) is 22.9 Å². The number of fused-ring (bicyclic) bond motifs is 2. The third-order valence-corrected chi connectivity index (χ3v) is 9.51. The predicted octanol–water partition coefficient (Wildman–Crippen LogP) is 7.64. The topological polar surface area (TPSA) is 157 Å². The summed E-state index contributed by atoms with van der Waals surface area (Å²) >= 11 is 0. The predicted molar refractivity (Wildman–Crippen MR) is 215 cm³/mol. The molecule has 15 nitrogen and oxygen atoms in total. The lowest BCUT2D eigenvalue weighted by molar-refractivity contribution is 0.0724. The van der Waals surface area contributed by atoms with Crippen LogP contribution in [0.25, 0.3) is 45.1 Å². The summed E-state index contributed by atoms with van der Waals surface area (Å²) in [6.07, 6.45) is 0. The summed E-state index contributed by atoms with van der Waals surface area (Å²) in [5.41, 5.74) is 4.66. The maximum atomic E-state index is 13.4. The Balaban J connectivity index is 1.18. The molecule has 0 saturated heterocycles. The molecular weight excluding hydrogens is 746 g/mol. The minimum Gasteiger partial charge on any atom is -0.493 e. The number of methoxy groups -OCH3 is 6. The van der Waals surface area contributed by atoms with Crippen molar-refractivity contribution in [3.8, 4) is 69.0 Å². The first-order valence-corrected chi connectivity index (χ1v) is 18.2. The van der Waals surface area contributed by atoms with E-state index in [1.807, 2.05) is 53.3 Å². The van der Waals surface area contributed by atoms with Gasteiger partial charge in [-0.1, -0.05) is 6.07 Å². The number of ether oxygens (including phenoxy) is 8. The normalized spacial score (nSPS) is 11.0. The standard InChI is InChI=1S/C43H41N5O10/c1-9-47-32-16-14-24(42(49)57-26-20-34(51-3)38(55-7)35(21-26)52-4)18-30(32)45-40(47)28-12-11-13-29(44-28)41-46-31-19-25(15-17-33(31)48(41)10-2)43(50)58-27-22-36(53-5)39(56-8)37(23-27)54-6/h11-23H,9-10H2,1-8H3. The summed E-state index contributed by atoms with van der Waals surface area (Å²) < 4.78 is 47.9. The number of carbonyl (C=O) groups is 2. The molecule has 3 heterocycles. The van der Waals surface area contributed by atoms with Gasteiger partial charge in [0.25, 0.3) is 0 Å². The van der Waals surface area contributed by atoms with Crippen molar-refractivity contribution in [1.82, 2.24) is 24.1 Å². The van der Waals surface area contributed by atoms with Crippen molar-refractivity contribution < 1.29 is 47.5 Å². The summed E-state index contributed by atoms with van der Waals surface area (Å²) in [6.45, 7) is 5.22. The third-order valence-electron chi connectivity index (χ3n) is 9.51. The second-order valence-corrected chi connectivity index (χ2v) is 12.7. The SMILES string of the molecule is CCn1c(-c2cccc(-c3nc4cc(C(=O)Oc5cc(OC)c(OC)c(OC)c5)ccc4n3CC)n2)nc2cc(C(=O)Oc3cc(OC)c(OC)c(OC)c3)ccc21. The van der Waals surface area contributed by atoms with Crippen molar-refractivity contribution in [1.29, 1.82) is 0 Å². The number of rotatable bonds is 14. The molecule has 298 valence electrons. The van der Waals surface area contributed by atoms with Crippen molar-refractivity contribution >= 4 is 34.0 Å². The highest BCUT2D eigenvalue weighted by atomic mass is 16.6. The fourth-order valence-corrected chi connectivity index (χ4v) is 6.79. The molecule has 0 saturated carbocycles. The van der Waals surface area contributed by atoms with E-state index in [0.29, 0.717) is 92.8 Å². The Labute approximate surface area is 333 Å². The Kier molecular flexibility index (Phi) is 11.0. The largest absolute Gasteiger partial charge is 0.493 e. The molecule has 0 radical (unpaired) electrons. The van der Waals surface area contributed by atoms with Crippen molar-refractivity contribution in [2.75, 3.05) is 42.7 Å². The molecule has 4 aromatic carbocycles. The van der Waals surface area contributed by atoms with Gasteiger partial charge in [-0.25, -0.2) is 24.5 Å². The first-order valence-electron chi connectivity index (χ1n) is 18.2. The fourth-order valence-electron chi connectivity index (χ4n) is 6.79. The molecule has 0 aliphatic rings. The van der Waals surface area contributed by atoms with Gasteiger partial charge < -0.3 is 47.0 Å². The van der Waals surface area contributed by atoms with E-state index in [9.17, 15) is 9.59 Å². The quantitative estimate of drug-likeness (QED) is 0.0783. The molecular formula is C43H41N5O10. The summed E-state index contributed by atoms with van der Waals surface area (Å²) in [7, 11) is 8.94. The molecule has 0 unspecified atom stereocenters. The van der Waals surface area contributed by atoms with Gasteiger partial charge in [0.05, 0.1) is 75.9 Å². The first kappa shape index (κ1) is 39.0. The molecule has 15 heteroatoms. The molecule has 0 fully saturated rings. The van der Waals surface area contributed by atoms with E-state index in [1.54, 1.807) is 48.5 Å². The minimum absolute atomic E-state index is 0.227. The average molecular weight is 788 g/mol. The van der Waals surface area contributed by atoms with Gasteiger partial charge in [0.2, 0.25) is 11.5 Å². The highest BCUT2D eigenvalue weighted by Gasteiger charge is 2.22. The second kappa shape index (κ2) is 16.4. The van der Waals surface area contributed by atoms with Crippen LogP contribution in [0.5, 0.6) is 46.0 Å². The number of benzene rings is 4. The van der Waals surface area contributed by atoms with Crippen LogP contribution in [-0.4, -0.2) is 78.7 Å². The number of hydrogen-bond donors (Lipinski definition) is 0. The van der Waals surface area contributed by atoms with E-state index in [4.69, 9.17) is 52.8 Å². The number of hydrogen-bond acceptors (Lipinski definition) is 13. The fraction of sp³-hybridized carbons (Fsp3) is 0.233. The molecule has 0 spiro atoms. The molecule has 0 atom stereocenters. The molecule has 7 rings (SSSR count). The molecule has 0 amide bonds. The van der Waals surface area contributed by atoms with Crippen LogP contribution >= 0.6 is 0 Å². The van der Waals surface area contributed by atoms with Crippen LogP contribution in [0, 0.1) is 0 Å². The van der Waals surface area contributed by atoms with Crippen LogP contribution in [-0.2, 0) is 13.1 Å². The smallest absolute Gasteiger partial charge is 0.343 e. The van der Waals surface area contributed by atoms with Crippen LogP contribution in [0.1, 0.15) is 34.6 Å². The van der Waals surface area contributed by atoms with Gasteiger partial charge in [-0.2, -0.15) is 0 Å². The number of esters is 2.